The van der Waals surface area contributed by atoms with E-state index < -0.39 is 0 Å². The molecule has 0 saturated carbocycles. The molecular formula is C17H19NO2. The van der Waals surface area contributed by atoms with Gasteiger partial charge in [0.1, 0.15) is 17.6 Å². The fraction of sp³-hybridized carbons (Fsp3) is 0.294. The lowest BCUT2D eigenvalue weighted by molar-refractivity contribution is 0.161. The first-order valence-corrected chi connectivity index (χ1v) is 6.84. The van der Waals surface area contributed by atoms with Crippen LogP contribution in [0.25, 0.3) is 0 Å². The summed E-state index contributed by atoms with van der Waals surface area (Å²) < 4.78 is 11.3. The van der Waals surface area contributed by atoms with Crippen LogP contribution < -0.4 is 15.2 Å². The highest BCUT2D eigenvalue weighted by Gasteiger charge is 2.27. The second kappa shape index (κ2) is 5.17. The minimum atomic E-state index is -0.0276. The van der Waals surface area contributed by atoms with Gasteiger partial charge in [0, 0.05) is 18.0 Å². The molecule has 0 radical (unpaired) electrons. The maximum absolute atomic E-state index is 6.29. The molecule has 1 heterocycles. The molecule has 20 heavy (non-hydrogen) atoms. The number of fused-ring (bicyclic) bond motifs is 1. The lowest BCUT2D eigenvalue weighted by Gasteiger charge is -2.31. The van der Waals surface area contributed by atoms with Crippen molar-refractivity contribution in [1.29, 1.82) is 0 Å². The van der Waals surface area contributed by atoms with Gasteiger partial charge in [-0.2, -0.15) is 0 Å². The fourth-order valence-corrected chi connectivity index (χ4v) is 2.59. The zero-order valence-corrected chi connectivity index (χ0v) is 11.8. The zero-order chi connectivity index (χ0) is 14.1. The van der Waals surface area contributed by atoms with Crippen LogP contribution in [0.4, 0.5) is 0 Å². The van der Waals surface area contributed by atoms with Gasteiger partial charge in [-0.25, -0.2) is 0 Å². The summed E-state index contributed by atoms with van der Waals surface area (Å²) in [5.74, 6) is 1.67. The Labute approximate surface area is 119 Å². The van der Waals surface area contributed by atoms with Crippen LogP contribution >= 0.6 is 0 Å². The Morgan fingerprint density at radius 3 is 2.60 bits per heavy atom. The summed E-state index contributed by atoms with van der Waals surface area (Å²) in [4.78, 5) is 0. The topological polar surface area (TPSA) is 44.5 Å². The minimum absolute atomic E-state index is 0.0199. The number of ether oxygens (including phenoxy) is 2. The van der Waals surface area contributed by atoms with E-state index in [2.05, 4.69) is 31.2 Å². The molecule has 0 spiro atoms. The van der Waals surface area contributed by atoms with Crippen molar-refractivity contribution >= 4 is 0 Å². The van der Waals surface area contributed by atoms with Crippen LogP contribution in [0.3, 0.4) is 0 Å². The SMILES string of the molecule is COc1ccc2c(c1)C(N)CC(c1ccc(C)cc1)O2. The zero-order valence-electron chi connectivity index (χ0n) is 11.8. The standard InChI is InChI=1S/C17H19NO2/c1-11-3-5-12(6-4-11)17-10-15(18)14-9-13(19-2)7-8-16(14)20-17/h3-9,15,17H,10,18H2,1-2H3. The lowest BCUT2D eigenvalue weighted by Crippen LogP contribution is -2.24. The van der Waals surface area contributed by atoms with Crippen molar-refractivity contribution in [3.8, 4) is 11.5 Å². The maximum atomic E-state index is 6.29. The van der Waals surface area contributed by atoms with E-state index in [9.17, 15) is 0 Å². The van der Waals surface area contributed by atoms with Crippen molar-refractivity contribution in [1.82, 2.24) is 0 Å². The smallest absolute Gasteiger partial charge is 0.126 e. The van der Waals surface area contributed by atoms with Crippen molar-refractivity contribution in [3.05, 3.63) is 59.2 Å². The van der Waals surface area contributed by atoms with Crippen LogP contribution in [-0.2, 0) is 0 Å². The molecule has 104 valence electrons. The molecule has 0 aromatic heterocycles. The molecule has 1 aliphatic heterocycles. The van der Waals surface area contributed by atoms with Gasteiger partial charge in [-0.3, -0.25) is 0 Å². The summed E-state index contributed by atoms with van der Waals surface area (Å²) in [6.07, 6.45) is 0.801. The normalized spacial score (nSPS) is 20.9. The van der Waals surface area contributed by atoms with Crippen molar-refractivity contribution in [2.45, 2.75) is 25.5 Å². The third kappa shape index (κ3) is 2.37. The minimum Gasteiger partial charge on any atom is -0.497 e. The van der Waals surface area contributed by atoms with Gasteiger partial charge in [0.2, 0.25) is 0 Å². The Morgan fingerprint density at radius 1 is 1.15 bits per heavy atom. The Morgan fingerprint density at radius 2 is 1.90 bits per heavy atom. The van der Waals surface area contributed by atoms with Crippen LogP contribution in [0, 0.1) is 6.92 Å². The van der Waals surface area contributed by atoms with E-state index in [1.54, 1.807) is 7.11 Å². The molecule has 3 nitrogen and oxygen atoms in total. The van der Waals surface area contributed by atoms with E-state index in [0.717, 1.165) is 23.5 Å². The summed E-state index contributed by atoms with van der Waals surface area (Å²) in [6.45, 7) is 2.08. The molecular weight excluding hydrogens is 250 g/mol. The van der Waals surface area contributed by atoms with Crippen LogP contribution in [0.2, 0.25) is 0 Å². The first-order chi connectivity index (χ1) is 9.67. The summed E-state index contributed by atoms with van der Waals surface area (Å²) in [5, 5.41) is 0. The first-order valence-electron chi connectivity index (χ1n) is 6.84. The van der Waals surface area contributed by atoms with E-state index in [1.165, 1.54) is 11.1 Å². The molecule has 2 unspecified atom stereocenters. The van der Waals surface area contributed by atoms with Crippen LogP contribution in [-0.4, -0.2) is 7.11 Å². The van der Waals surface area contributed by atoms with Gasteiger partial charge in [0.05, 0.1) is 7.11 Å². The molecule has 2 atom stereocenters. The Bertz CT molecular complexity index is 607. The van der Waals surface area contributed by atoms with E-state index >= 15 is 0 Å². The van der Waals surface area contributed by atoms with Gasteiger partial charge in [-0.1, -0.05) is 29.8 Å². The average molecular weight is 269 g/mol. The second-order valence-electron chi connectivity index (χ2n) is 5.26. The highest BCUT2D eigenvalue weighted by molar-refractivity contribution is 5.44. The van der Waals surface area contributed by atoms with Gasteiger partial charge in [0.15, 0.2) is 0 Å². The molecule has 2 aromatic carbocycles. The molecule has 0 amide bonds. The third-order valence-corrected chi connectivity index (χ3v) is 3.80. The number of hydrogen-bond acceptors (Lipinski definition) is 3. The molecule has 2 aromatic rings. The van der Waals surface area contributed by atoms with Gasteiger partial charge in [0.25, 0.3) is 0 Å². The monoisotopic (exact) mass is 269 g/mol. The van der Waals surface area contributed by atoms with E-state index in [4.69, 9.17) is 15.2 Å². The third-order valence-electron chi connectivity index (χ3n) is 3.80. The van der Waals surface area contributed by atoms with Crippen LogP contribution in [0.1, 0.15) is 35.3 Å². The summed E-state index contributed by atoms with van der Waals surface area (Å²) in [6, 6.07) is 14.2. The molecule has 3 rings (SSSR count). The van der Waals surface area contributed by atoms with Crippen molar-refractivity contribution in [3.63, 3.8) is 0 Å². The van der Waals surface area contributed by atoms with Gasteiger partial charge in [-0.05, 0) is 30.7 Å². The van der Waals surface area contributed by atoms with E-state index in [0.29, 0.717) is 0 Å². The number of rotatable bonds is 2. The number of methoxy groups -OCH3 is 1. The van der Waals surface area contributed by atoms with E-state index in [-0.39, 0.29) is 12.1 Å². The Hall–Kier alpha value is -2.00. The Balaban J connectivity index is 1.90. The predicted molar refractivity (Wildman–Crippen MR) is 79.1 cm³/mol. The number of benzene rings is 2. The molecule has 1 aliphatic rings. The maximum Gasteiger partial charge on any atom is 0.126 e. The molecule has 0 saturated heterocycles. The van der Waals surface area contributed by atoms with Gasteiger partial charge in [-0.15, -0.1) is 0 Å². The largest absolute Gasteiger partial charge is 0.497 e. The average Bonchev–Trinajstić information content (AvgIpc) is 2.47. The predicted octanol–water partition coefficient (Wildman–Crippen LogP) is 3.53. The number of nitrogens with two attached hydrogens (primary N) is 1. The van der Waals surface area contributed by atoms with Crippen LogP contribution in [0.5, 0.6) is 11.5 Å². The molecule has 2 N–H and O–H groups in total. The summed E-state index contributed by atoms with van der Waals surface area (Å²) >= 11 is 0. The number of aryl methyl sites for hydroxylation is 1. The highest BCUT2D eigenvalue weighted by atomic mass is 16.5. The Kier molecular flexibility index (Phi) is 3.36. The van der Waals surface area contributed by atoms with Gasteiger partial charge < -0.3 is 15.2 Å². The van der Waals surface area contributed by atoms with E-state index in [1.807, 2.05) is 18.2 Å². The molecule has 0 aliphatic carbocycles. The molecule has 0 fully saturated rings. The fourth-order valence-electron chi connectivity index (χ4n) is 2.59. The van der Waals surface area contributed by atoms with Crippen molar-refractivity contribution in [2.24, 2.45) is 5.73 Å². The van der Waals surface area contributed by atoms with Crippen molar-refractivity contribution in [2.75, 3.05) is 7.11 Å². The van der Waals surface area contributed by atoms with Crippen molar-refractivity contribution < 1.29 is 9.47 Å². The quantitative estimate of drug-likeness (QED) is 0.907. The molecule has 3 heteroatoms. The highest BCUT2D eigenvalue weighted by Crippen LogP contribution is 2.41. The lowest BCUT2D eigenvalue weighted by atomic mass is 9.93. The first kappa shape index (κ1) is 13.0. The summed E-state index contributed by atoms with van der Waals surface area (Å²) in [7, 11) is 1.66. The number of hydrogen-bond donors (Lipinski definition) is 1. The molecule has 0 bridgehead atoms. The second-order valence-corrected chi connectivity index (χ2v) is 5.26. The van der Waals surface area contributed by atoms with Crippen LogP contribution in [0.15, 0.2) is 42.5 Å². The van der Waals surface area contributed by atoms with Gasteiger partial charge >= 0.3 is 0 Å². The summed E-state index contributed by atoms with van der Waals surface area (Å²) in [5.41, 5.74) is 9.74.